The number of furan rings is 1. The Morgan fingerprint density at radius 3 is 2.88 bits per heavy atom. The number of nitrogens with zero attached hydrogens (tertiary/aromatic N) is 3. The normalized spacial score (nSPS) is 20.2. The number of hydrogen-bond acceptors (Lipinski definition) is 4. The molecule has 1 aromatic carbocycles. The zero-order valence-corrected chi connectivity index (χ0v) is 13.9. The fourth-order valence-electron chi connectivity index (χ4n) is 3.65. The molecular weight excluding hydrogens is 316 g/mol. The van der Waals surface area contributed by atoms with Crippen LogP contribution in [0.3, 0.4) is 0 Å². The third-order valence-corrected chi connectivity index (χ3v) is 5.20. The van der Waals surface area contributed by atoms with Crippen molar-refractivity contribution in [2.75, 3.05) is 0 Å². The van der Waals surface area contributed by atoms with Crippen LogP contribution in [-0.2, 0) is 13.0 Å². The van der Waals surface area contributed by atoms with Crippen molar-refractivity contribution >= 4 is 16.9 Å². The standard InChI is InChI=1S/C19H20N4O2/c24-19(16-11-13-3-1-2-4-15(13)25-16)20-14-7-8-17-21-22-18(12-5-6-12)23(17)10-9-14/h1-4,11-12,14H,5-10H2,(H,20,24). The SMILES string of the molecule is O=C(NC1CCc2nnc(C3CC3)n2CC1)c1cc2ccccc2o1. The number of nitrogens with one attached hydrogen (secondary N) is 1. The molecule has 0 radical (unpaired) electrons. The molecule has 6 nitrogen and oxygen atoms in total. The Balaban J connectivity index is 1.29. The van der Waals surface area contributed by atoms with Crippen molar-refractivity contribution in [1.82, 2.24) is 20.1 Å². The number of para-hydroxylation sites is 1. The smallest absolute Gasteiger partial charge is 0.287 e. The number of aryl methyl sites for hydroxylation is 1. The largest absolute Gasteiger partial charge is 0.451 e. The number of carbonyl (C=O) groups excluding carboxylic acids is 1. The molecule has 1 atom stereocenters. The number of carbonyl (C=O) groups is 1. The van der Waals surface area contributed by atoms with Crippen LogP contribution >= 0.6 is 0 Å². The maximum absolute atomic E-state index is 12.6. The summed E-state index contributed by atoms with van der Waals surface area (Å²) in [6.45, 7) is 0.874. The van der Waals surface area contributed by atoms with Crippen LogP contribution in [0.25, 0.3) is 11.0 Å². The first-order valence-electron chi connectivity index (χ1n) is 8.99. The summed E-state index contributed by atoms with van der Waals surface area (Å²) in [7, 11) is 0. The molecule has 0 spiro atoms. The van der Waals surface area contributed by atoms with E-state index in [2.05, 4.69) is 20.1 Å². The highest BCUT2D eigenvalue weighted by molar-refractivity contribution is 5.96. The van der Waals surface area contributed by atoms with Gasteiger partial charge in [-0.25, -0.2) is 0 Å². The highest BCUT2D eigenvalue weighted by Gasteiger charge is 2.31. The predicted molar refractivity (Wildman–Crippen MR) is 92.4 cm³/mol. The Kier molecular flexibility index (Phi) is 3.36. The summed E-state index contributed by atoms with van der Waals surface area (Å²) in [6.07, 6.45) is 5.09. The van der Waals surface area contributed by atoms with E-state index >= 15 is 0 Å². The van der Waals surface area contributed by atoms with Crippen LogP contribution in [0, 0.1) is 0 Å². The molecule has 25 heavy (non-hydrogen) atoms. The van der Waals surface area contributed by atoms with Crippen LogP contribution in [0.4, 0.5) is 0 Å². The van der Waals surface area contributed by atoms with Gasteiger partial charge in [0.05, 0.1) is 0 Å². The van der Waals surface area contributed by atoms with Gasteiger partial charge in [0.2, 0.25) is 0 Å². The Morgan fingerprint density at radius 1 is 1.16 bits per heavy atom. The molecule has 128 valence electrons. The molecule has 6 heteroatoms. The molecule has 1 N–H and O–H groups in total. The number of fused-ring (bicyclic) bond motifs is 2. The summed E-state index contributed by atoms with van der Waals surface area (Å²) in [5, 5.41) is 12.8. The van der Waals surface area contributed by atoms with E-state index in [9.17, 15) is 4.79 Å². The molecule has 1 aliphatic heterocycles. The fraction of sp³-hybridized carbons (Fsp3) is 0.421. The number of benzene rings is 1. The third kappa shape index (κ3) is 2.71. The van der Waals surface area contributed by atoms with Crippen LogP contribution in [-0.4, -0.2) is 26.7 Å². The van der Waals surface area contributed by atoms with E-state index in [1.54, 1.807) is 0 Å². The van der Waals surface area contributed by atoms with Gasteiger partial charge >= 0.3 is 0 Å². The molecule has 3 aromatic rings. The lowest BCUT2D eigenvalue weighted by Crippen LogP contribution is -2.35. The van der Waals surface area contributed by atoms with Crippen molar-refractivity contribution in [3.05, 3.63) is 47.7 Å². The van der Waals surface area contributed by atoms with Crippen molar-refractivity contribution in [3.63, 3.8) is 0 Å². The average molecular weight is 336 g/mol. The molecule has 1 unspecified atom stereocenters. The van der Waals surface area contributed by atoms with Gasteiger partial charge in [-0.05, 0) is 37.8 Å². The van der Waals surface area contributed by atoms with Gasteiger partial charge in [-0.3, -0.25) is 4.79 Å². The molecule has 2 aromatic heterocycles. The summed E-state index contributed by atoms with van der Waals surface area (Å²) in [6, 6.07) is 9.62. The summed E-state index contributed by atoms with van der Waals surface area (Å²) in [5.74, 6) is 3.04. The lowest BCUT2D eigenvalue weighted by atomic mass is 10.1. The lowest BCUT2D eigenvalue weighted by molar-refractivity contribution is 0.0907. The van der Waals surface area contributed by atoms with E-state index in [0.717, 1.165) is 48.4 Å². The lowest BCUT2D eigenvalue weighted by Gasteiger charge is -2.15. The average Bonchev–Trinajstić information content (AvgIpc) is 3.29. The molecular formula is C19H20N4O2. The van der Waals surface area contributed by atoms with Crippen LogP contribution in [0.2, 0.25) is 0 Å². The van der Waals surface area contributed by atoms with E-state index in [-0.39, 0.29) is 11.9 Å². The van der Waals surface area contributed by atoms with E-state index in [0.29, 0.717) is 11.7 Å². The first-order chi connectivity index (χ1) is 12.3. The van der Waals surface area contributed by atoms with Crippen molar-refractivity contribution in [3.8, 4) is 0 Å². The van der Waals surface area contributed by atoms with Gasteiger partial charge in [0.25, 0.3) is 5.91 Å². The summed E-state index contributed by atoms with van der Waals surface area (Å²) >= 11 is 0. The van der Waals surface area contributed by atoms with Crippen LogP contribution < -0.4 is 5.32 Å². The monoisotopic (exact) mass is 336 g/mol. The Labute approximate surface area is 145 Å². The van der Waals surface area contributed by atoms with Gasteiger partial charge in [-0.15, -0.1) is 10.2 Å². The number of amides is 1. The Morgan fingerprint density at radius 2 is 2.04 bits per heavy atom. The predicted octanol–water partition coefficient (Wildman–Crippen LogP) is 3.04. The first-order valence-corrected chi connectivity index (χ1v) is 8.99. The fourth-order valence-corrected chi connectivity index (χ4v) is 3.65. The van der Waals surface area contributed by atoms with Gasteiger partial charge in [-0.1, -0.05) is 18.2 Å². The summed E-state index contributed by atoms with van der Waals surface area (Å²) in [5.41, 5.74) is 0.744. The molecule has 1 aliphatic carbocycles. The number of hydrogen-bond donors (Lipinski definition) is 1. The third-order valence-electron chi connectivity index (χ3n) is 5.20. The first kappa shape index (κ1) is 14.7. The minimum absolute atomic E-state index is 0.134. The van der Waals surface area contributed by atoms with E-state index < -0.39 is 0 Å². The van der Waals surface area contributed by atoms with Gasteiger partial charge in [0.15, 0.2) is 5.76 Å². The van der Waals surface area contributed by atoms with E-state index in [1.165, 1.54) is 12.8 Å². The molecule has 0 saturated heterocycles. The molecule has 1 saturated carbocycles. The maximum atomic E-state index is 12.6. The Bertz CT molecular complexity index is 905. The maximum Gasteiger partial charge on any atom is 0.287 e. The second-order valence-corrected chi connectivity index (χ2v) is 7.05. The van der Waals surface area contributed by atoms with Crippen molar-refractivity contribution in [2.45, 2.75) is 50.6 Å². The van der Waals surface area contributed by atoms with Crippen molar-refractivity contribution < 1.29 is 9.21 Å². The van der Waals surface area contributed by atoms with E-state index in [4.69, 9.17) is 4.42 Å². The molecule has 0 bridgehead atoms. The molecule has 1 fully saturated rings. The summed E-state index contributed by atoms with van der Waals surface area (Å²) in [4.78, 5) is 12.6. The van der Waals surface area contributed by atoms with Crippen LogP contribution in [0.1, 0.15) is 53.8 Å². The number of rotatable bonds is 3. The van der Waals surface area contributed by atoms with Gasteiger partial charge in [0.1, 0.15) is 17.2 Å². The van der Waals surface area contributed by atoms with Crippen LogP contribution in [0.15, 0.2) is 34.7 Å². The highest BCUT2D eigenvalue weighted by atomic mass is 16.3. The van der Waals surface area contributed by atoms with Gasteiger partial charge in [0, 0.05) is 30.3 Å². The quantitative estimate of drug-likeness (QED) is 0.798. The van der Waals surface area contributed by atoms with E-state index in [1.807, 2.05) is 30.3 Å². The molecule has 1 amide bonds. The summed E-state index contributed by atoms with van der Waals surface area (Å²) < 4.78 is 7.94. The molecule has 3 heterocycles. The molecule has 5 rings (SSSR count). The minimum Gasteiger partial charge on any atom is -0.451 e. The van der Waals surface area contributed by atoms with Crippen LogP contribution in [0.5, 0.6) is 0 Å². The number of aromatic nitrogens is 3. The molecule has 2 aliphatic rings. The topological polar surface area (TPSA) is 73.0 Å². The van der Waals surface area contributed by atoms with Crippen molar-refractivity contribution in [2.24, 2.45) is 0 Å². The second kappa shape index (κ2) is 5.72. The minimum atomic E-state index is -0.138. The van der Waals surface area contributed by atoms with Gasteiger partial charge < -0.3 is 14.3 Å². The Hall–Kier alpha value is -2.63. The highest BCUT2D eigenvalue weighted by Crippen LogP contribution is 2.39. The second-order valence-electron chi connectivity index (χ2n) is 7.05. The zero-order valence-electron chi connectivity index (χ0n) is 13.9. The van der Waals surface area contributed by atoms with Gasteiger partial charge in [-0.2, -0.15) is 0 Å². The van der Waals surface area contributed by atoms with Crippen molar-refractivity contribution in [1.29, 1.82) is 0 Å². The zero-order chi connectivity index (χ0) is 16.8.